The van der Waals surface area contributed by atoms with Crippen molar-refractivity contribution in [1.29, 1.82) is 0 Å². The second kappa shape index (κ2) is 9.92. The van der Waals surface area contributed by atoms with E-state index in [1.807, 2.05) is 0 Å². The number of carboxylic acid groups (broad SMARTS) is 1. The zero-order chi connectivity index (χ0) is 18.2. The number of rotatable bonds is 8. The fraction of sp³-hybridized carbons (Fsp3) is 0.583. The van der Waals surface area contributed by atoms with Gasteiger partial charge in [-0.2, -0.15) is 12.6 Å². The van der Waals surface area contributed by atoms with E-state index in [1.165, 1.54) is 0 Å². The molecule has 0 aliphatic carbocycles. The molecule has 5 N–H and O–H groups in total. The van der Waals surface area contributed by atoms with Crippen molar-refractivity contribution in [2.24, 2.45) is 11.5 Å². The molecule has 0 heterocycles. The van der Waals surface area contributed by atoms with Crippen LogP contribution < -0.4 is 11.5 Å². The second-order valence-electron chi connectivity index (χ2n) is 4.56. The third kappa shape index (κ3) is 7.72. The SMILES string of the molecule is CC(=O)OC(=O)CN(C(=O)CC[C@H](N)C(=O)O)C(=O)[C@@H](N)CS. The van der Waals surface area contributed by atoms with E-state index in [9.17, 15) is 24.0 Å². The van der Waals surface area contributed by atoms with Crippen molar-refractivity contribution in [2.45, 2.75) is 31.8 Å². The second-order valence-corrected chi connectivity index (χ2v) is 4.92. The van der Waals surface area contributed by atoms with E-state index < -0.39 is 54.8 Å². The lowest BCUT2D eigenvalue weighted by atomic mass is 10.1. The Morgan fingerprint density at radius 1 is 1.17 bits per heavy atom. The maximum Gasteiger partial charge on any atom is 0.333 e. The number of imide groups is 1. The van der Waals surface area contributed by atoms with Crippen LogP contribution in [0.3, 0.4) is 0 Å². The van der Waals surface area contributed by atoms with Gasteiger partial charge in [0.05, 0.1) is 6.04 Å². The molecule has 0 saturated carbocycles. The van der Waals surface area contributed by atoms with Crippen LogP contribution in [0.25, 0.3) is 0 Å². The molecule has 0 aliphatic heterocycles. The van der Waals surface area contributed by atoms with Gasteiger partial charge in [-0.25, -0.2) is 4.79 Å². The molecule has 0 radical (unpaired) electrons. The summed E-state index contributed by atoms with van der Waals surface area (Å²) in [5.74, 6) is -5.16. The van der Waals surface area contributed by atoms with E-state index in [0.29, 0.717) is 4.90 Å². The summed E-state index contributed by atoms with van der Waals surface area (Å²) in [6.07, 6.45) is -0.637. The maximum atomic E-state index is 12.0. The number of thiol groups is 1. The van der Waals surface area contributed by atoms with Crippen LogP contribution in [-0.4, -0.2) is 64.1 Å². The molecule has 0 unspecified atom stereocenters. The first-order valence-electron chi connectivity index (χ1n) is 6.50. The number of hydrogen-bond donors (Lipinski definition) is 4. The van der Waals surface area contributed by atoms with Crippen molar-refractivity contribution in [1.82, 2.24) is 4.90 Å². The molecule has 2 atom stereocenters. The summed E-state index contributed by atoms with van der Waals surface area (Å²) in [5.41, 5.74) is 10.7. The lowest BCUT2D eigenvalue weighted by Crippen LogP contribution is -2.50. The summed E-state index contributed by atoms with van der Waals surface area (Å²) in [5, 5.41) is 8.65. The summed E-state index contributed by atoms with van der Waals surface area (Å²) >= 11 is 3.82. The molecular formula is C12H19N3O7S. The zero-order valence-corrected chi connectivity index (χ0v) is 13.3. The van der Waals surface area contributed by atoms with Crippen molar-refractivity contribution in [3.05, 3.63) is 0 Å². The Morgan fingerprint density at radius 2 is 1.74 bits per heavy atom. The lowest BCUT2D eigenvalue weighted by molar-refractivity contribution is -0.163. The van der Waals surface area contributed by atoms with Gasteiger partial charge in [-0.15, -0.1) is 0 Å². The predicted octanol–water partition coefficient (Wildman–Crippen LogP) is -2.12. The van der Waals surface area contributed by atoms with Gasteiger partial charge in [-0.3, -0.25) is 24.1 Å². The summed E-state index contributed by atoms with van der Waals surface area (Å²) in [6, 6.07) is -2.45. The summed E-state index contributed by atoms with van der Waals surface area (Å²) in [4.78, 5) is 57.3. The Morgan fingerprint density at radius 3 is 2.17 bits per heavy atom. The van der Waals surface area contributed by atoms with Crippen molar-refractivity contribution >= 4 is 42.4 Å². The monoisotopic (exact) mass is 349 g/mol. The molecule has 2 amide bonds. The quantitative estimate of drug-likeness (QED) is 0.217. The van der Waals surface area contributed by atoms with Gasteiger partial charge in [0.2, 0.25) is 11.8 Å². The number of nitrogens with zero attached hydrogens (tertiary/aromatic N) is 1. The van der Waals surface area contributed by atoms with Crippen LogP contribution in [0.5, 0.6) is 0 Å². The fourth-order valence-corrected chi connectivity index (χ4v) is 1.58. The summed E-state index contributed by atoms with van der Waals surface area (Å²) in [7, 11) is 0. The first-order chi connectivity index (χ1) is 10.6. The molecule has 130 valence electrons. The third-order valence-corrected chi connectivity index (χ3v) is 3.01. The number of hydrogen-bond acceptors (Lipinski definition) is 9. The Balaban J connectivity index is 4.99. The standard InChI is InChI=1S/C12H19N3O7S/c1-6(16)22-10(18)4-15(11(19)8(14)5-23)9(17)3-2-7(13)12(20)21/h7-8,23H,2-5,13-14H2,1H3,(H,20,21)/t7-,8-/m0/s1. The molecule has 0 bridgehead atoms. The molecular weight excluding hydrogens is 330 g/mol. The topological polar surface area (TPSA) is 170 Å². The van der Waals surface area contributed by atoms with Crippen molar-refractivity contribution in [2.75, 3.05) is 12.3 Å². The average Bonchev–Trinajstić information content (AvgIpc) is 2.47. The van der Waals surface area contributed by atoms with Crippen molar-refractivity contribution in [3.8, 4) is 0 Å². The highest BCUT2D eigenvalue weighted by atomic mass is 32.1. The van der Waals surface area contributed by atoms with Crippen LogP contribution in [0.1, 0.15) is 19.8 Å². The normalized spacial score (nSPS) is 12.9. The number of esters is 2. The smallest absolute Gasteiger partial charge is 0.333 e. The van der Waals surface area contributed by atoms with Gasteiger partial charge in [-0.1, -0.05) is 0 Å². The molecule has 23 heavy (non-hydrogen) atoms. The van der Waals surface area contributed by atoms with E-state index in [-0.39, 0.29) is 12.2 Å². The highest BCUT2D eigenvalue weighted by Gasteiger charge is 2.29. The van der Waals surface area contributed by atoms with Crippen LogP contribution in [-0.2, 0) is 28.7 Å². The lowest BCUT2D eigenvalue weighted by Gasteiger charge is -2.22. The van der Waals surface area contributed by atoms with E-state index in [0.717, 1.165) is 6.92 Å². The average molecular weight is 349 g/mol. The van der Waals surface area contributed by atoms with Crippen molar-refractivity contribution in [3.63, 3.8) is 0 Å². The van der Waals surface area contributed by atoms with Gasteiger partial charge in [0, 0.05) is 19.1 Å². The minimum absolute atomic E-state index is 0.0843. The van der Waals surface area contributed by atoms with Gasteiger partial charge in [0.1, 0.15) is 12.6 Å². The van der Waals surface area contributed by atoms with Crippen LogP contribution in [0, 0.1) is 0 Å². The van der Waals surface area contributed by atoms with Gasteiger partial charge >= 0.3 is 17.9 Å². The van der Waals surface area contributed by atoms with Crippen LogP contribution in [0.4, 0.5) is 0 Å². The molecule has 0 saturated heterocycles. The molecule has 0 fully saturated rings. The maximum absolute atomic E-state index is 12.0. The highest BCUT2D eigenvalue weighted by Crippen LogP contribution is 2.05. The Hall–Kier alpha value is -1.98. The Bertz CT molecular complexity index is 497. The predicted molar refractivity (Wildman–Crippen MR) is 80.2 cm³/mol. The number of ether oxygens (including phenoxy) is 1. The van der Waals surface area contributed by atoms with Gasteiger partial charge in [-0.05, 0) is 6.42 Å². The number of amides is 2. The van der Waals surface area contributed by atoms with E-state index in [1.54, 1.807) is 0 Å². The molecule has 0 aliphatic rings. The van der Waals surface area contributed by atoms with Gasteiger partial charge in [0.15, 0.2) is 0 Å². The van der Waals surface area contributed by atoms with Crippen molar-refractivity contribution < 1.29 is 33.8 Å². The first-order valence-corrected chi connectivity index (χ1v) is 7.13. The Kier molecular flexibility index (Phi) is 9.07. The molecule has 0 aromatic rings. The third-order valence-electron chi connectivity index (χ3n) is 2.61. The number of aliphatic carboxylic acids is 1. The number of nitrogens with two attached hydrogens (primary N) is 2. The molecule has 10 nitrogen and oxygen atoms in total. The minimum Gasteiger partial charge on any atom is -0.480 e. The summed E-state index contributed by atoms with van der Waals surface area (Å²) in [6.45, 7) is 0.165. The molecule has 0 aromatic carbocycles. The highest BCUT2D eigenvalue weighted by molar-refractivity contribution is 7.80. The van der Waals surface area contributed by atoms with Gasteiger partial charge in [0.25, 0.3) is 0 Å². The first kappa shape index (κ1) is 21.0. The zero-order valence-electron chi connectivity index (χ0n) is 12.4. The van der Waals surface area contributed by atoms with E-state index >= 15 is 0 Å². The molecule has 11 heteroatoms. The summed E-state index contributed by atoms with van der Waals surface area (Å²) < 4.78 is 4.26. The number of carbonyl (C=O) groups is 5. The number of carboxylic acids is 1. The largest absolute Gasteiger partial charge is 0.480 e. The fourth-order valence-electron chi connectivity index (χ4n) is 1.43. The minimum atomic E-state index is -1.31. The van der Waals surface area contributed by atoms with Crippen LogP contribution in [0.2, 0.25) is 0 Å². The van der Waals surface area contributed by atoms with E-state index in [4.69, 9.17) is 16.6 Å². The van der Waals surface area contributed by atoms with Gasteiger partial charge < -0.3 is 21.3 Å². The Labute approximate surface area is 137 Å². The van der Waals surface area contributed by atoms with Crippen LogP contribution in [0.15, 0.2) is 0 Å². The van der Waals surface area contributed by atoms with Crippen LogP contribution >= 0.6 is 12.6 Å². The molecule has 0 aromatic heterocycles. The molecule has 0 spiro atoms. The molecule has 0 rings (SSSR count). The van der Waals surface area contributed by atoms with E-state index in [2.05, 4.69) is 17.4 Å². The number of carbonyl (C=O) groups excluding carboxylic acids is 4.